The predicted octanol–water partition coefficient (Wildman–Crippen LogP) is 1.53. The summed E-state index contributed by atoms with van der Waals surface area (Å²) in [6.07, 6.45) is 0. The molecule has 1 rings (SSSR count). The smallest absolute Gasteiger partial charge is 0.347 e. The molecule has 7 heteroatoms. The van der Waals surface area contributed by atoms with Crippen molar-refractivity contribution < 1.29 is 14.7 Å². The first-order valence-corrected chi connectivity index (χ1v) is 7.05. The molecule has 20 heavy (non-hydrogen) atoms. The molecule has 1 heterocycles. The molecule has 0 spiro atoms. The van der Waals surface area contributed by atoms with Crippen LogP contribution in [0.3, 0.4) is 0 Å². The molecule has 0 aliphatic rings. The zero-order valence-corrected chi connectivity index (χ0v) is 13.2. The van der Waals surface area contributed by atoms with Gasteiger partial charge in [0, 0.05) is 5.54 Å². The van der Waals surface area contributed by atoms with Crippen molar-refractivity contribution in [2.75, 3.05) is 0 Å². The fourth-order valence-electron chi connectivity index (χ4n) is 1.40. The maximum atomic E-state index is 12.2. The van der Waals surface area contributed by atoms with Crippen LogP contribution in [0.5, 0.6) is 0 Å². The van der Waals surface area contributed by atoms with Crippen molar-refractivity contribution in [2.24, 2.45) is 11.1 Å². The van der Waals surface area contributed by atoms with Crippen LogP contribution >= 0.6 is 11.3 Å². The monoisotopic (exact) mass is 299 g/mol. The SMILES string of the molecule is Cc1nc(CNC(=O)C(C)(C)C(C)(C)N)sc1C(=O)O. The molecule has 0 aliphatic heterocycles. The normalized spacial score (nSPS) is 12.3. The molecule has 112 valence electrons. The lowest BCUT2D eigenvalue weighted by Crippen LogP contribution is -2.55. The van der Waals surface area contributed by atoms with E-state index in [1.54, 1.807) is 34.6 Å². The Morgan fingerprint density at radius 1 is 1.35 bits per heavy atom. The number of nitrogens with two attached hydrogens (primary N) is 1. The minimum absolute atomic E-state index is 0.185. The second kappa shape index (κ2) is 5.49. The van der Waals surface area contributed by atoms with Gasteiger partial charge in [-0.25, -0.2) is 9.78 Å². The Hall–Kier alpha value is -1.47. The van der Waals surface area contributed by atoms with Crippen molar-refractivity contribution in [2.45, 2.75) is 46.7 Å². The van der Waals surface area contributed by atoms with E-state index in [-0.39, 0.29) is 17.3 Å². The molecule has 0 atom stereocenters. The summed E-state index contributed by atoms with van der Waals surface area (Å²) in [5, 5.41) is 12.3. The molecule has 1 aromatic heterocycles. The lowest BCUT2D eigenvalue weighted by atomic mass is 9.74. The average molecular weight is 299 g/mol. The van der Waals surface area contributed by atoms with E-state index >= 15 is 0 Å². The first-order chi connectivity index (χ1) is 8.96. The summed E-state index contributed by atoms with van der Waals surface area (Å²) in [7, 11) is 0. The molecule has 0 saturated carbocycles. The van der Waals surface area contributed by atoms with Crippen LogP contribution in [-0.4, -0.2) is 27.5 Å². The van der Waals surface area contributed by atoms with Gasteiger partial charge in [0.2, 0.25) is 5.91 Å². The molecule has 0 radical (unpaired) electrons. The van der Waals surface area contributed by atoms with Gasteiger partial charge in [-0.05, 0) is 34.6 Å². The molecular weight excluding hydrogens is 278 g/mol. The molecule has 0 fully saturated rings. The number of nitrogens with one attached hydrogen (secondary N) is 1. The van der Waals surface area contributed by atoms with Crippen molar-refractivity contribution >= 4 is 23.2 Å². The molecule has 0 aromatic carbocycles. The quantitative estimate of drug-likeness (QED) is 0.764. The Labute approximate surface area is 122 Å². The maximum Gasteiger partial charge on any atom is 0.347 e. The zero-order valence-electron chi connectivity index (χ0n) is 12.4. The highest BCUT2D eigenvalue weighted by Gasteiger charge is 2.40. The van der Waals surface area contributed by atoms with E-state index < -0.39 is 16.9 Å². The van der Waals surface area contributed by atoms with Crippen LogP contribution in [0.2, 0.25) is 0 Å². The third-order valence-electron chi connectivity index (χ3n) is 3.61. The number of hydrogen-bond acceptors (Lipinski definition) is 5. The van der Waals surface area contributed by atoms with Crippen molar-refractivity contribution in [3.63, 3.8) is 0 Å². The summed E-state index contributed by atoms with van der Waals surface area (Å²) in [4.78, 5) is 27.5. The minimum Gasteiger partial charge on any atom is -0.477 e. The molecule has 1 amide bonds. The molecular formula is C13H21N3O3S. The van der Waals surface area contributed by atoms with Crippen molar-refractivity contribution in [1.82, 2.24) is 10.3 Å². The van der Waals surface area contributed by atoms with Gasteiger partial charge in [0.1, 0.15) is 9.88 Å². The highest BCUT2D eigenvalue weighted by molar-refractivity contribution is 7.13. The Morgan fingerprint density at radius 2 is 1.90 bits per heavy atom. The summed E-state index contributed by atoms with van der Waals surface area (Å²) in [5.41, 5.74) is 5.06. The lowest BCUT2D eigenvalue weighted by molar-refractivity contribution is -0.132. The highest BCUT2D eigenvalue weighted by Crippen LogP contribution is 2.28. The van der Waals surface area contributed by atoms with Gasteiger partial charge >= 0.3 is 5.97 Å². The van der Waals surface area contributed by atoms with E-state index in [2.05, 4.69) is 10.3 Å². The zero-order chi connectivity index (χ0) is 15.7. The molecule has 0 unspecified atom stereocenters. The fourth-order valence-corrected chi connectivity index (χ4v) is 2.24. The number of amides is 1. The number of carboxylic acid groups (broad SMARTS) is 1. The summed E-state index contributed by atoms with van der Waals surface area (Å²) in [6.45, 7) is 8.98. The Balaban J connectivity index is 2.76. The van der Waals surface area contributed by atoms with Gasteiger partial charge in [-0.3, -0.25) is 4.79 Å². The van der Waals surface area contributed by atoms with E-state index in [1.165, 1.54) is 0 Å². The number of nitrogens with zero attached hydrogens (tertiary/aromatic N) is 1. The van der Waals surface area contributed by atoms with Crippen LogP contribution in [-0.2, 0) is 11.3 Å². The number of rotatable bonds is 5. The third kappa shape index (κ3) is 3.34. The summed E-state index contributed by atoms with van der Waals surface area (Å²) in [5.74, 6) is -1.18. The van der Waals surface area contributed by atoms with E-state index in [1.807, 2.05) is 0 Å². The number of carbonyl (C=O) groups is 2. The molecule has 0 bridgehead atoms. The number of aromatic nitrogens is 1. The van der Waals surface area contributed by atoms with Crippen molar-refractivity contribution in [3.8, 4) is 0 Å². The number of hydrogen-bond donors (Lipinski definition) is 3. The summed E-state index contributed by atoms with van der Waals surface area (Å²) in [6, 6.07) is 0. The molecule has 1 aromatic rings. The maximum absolute atomic E-state index is 12.2. The van der Waals surface area contributed by atoms with Crippen LogP contribution in [0.1, 0.15) is 48.1 Å². The van der Waals surface area contributed by atoms with Crippen LogP contribution in [0.25, 0.3) is 0 Å². The van der Waals surface area contributed by atoms with Gasteiger partial charge in [0.15, 0.2) is 0 Å². The fraction of sp³-hybridized carbons (Fsp3) is 0.615. The molecule has 4 N–H and O–H groups in total. The second-order valence-electron chi connectivity index (χ2n) is 5.86. The van der Waals surface area contributed by atoms with E-state index in [0.29, 0.717) is 10.7 Å². The first kappa shape index (κ1) is 16.6. The van der Waals surface area contributed by atoms with Crippen LogP contribution in [0.4, 0.5) is 0 Å². The Morgan fingerprint density at radius 3 is 2.30 bits per heavy atom. The Bertz CT molecular complexity index is 529. The number of carboxylic acids is 1. The molecule has 0 saturated heterocycles. The topological polar surface area (TPSA) is 105 Å². The minimum atomic E-state index is -0.999. The van der Waals surface area contributed by atoms with E-state index in [9.17, 15) is 9.59 Å². The molecule has 6 nitrogen and oxygen atoms in total. The number of aryl methyl sites for hydroxylation is 1. The highest BCUT2D eigenvalue weighted by atomic mass is 32.1. The predicted molar refractivity (Wildman–Crippen MR) is 77.7 cm³/mol. The summed E-state index contributed by atoms with van der Waals surface area (Å²) < 4.78 is 0. The van der Waals surface area contributed by atoms with Gasteiger partial charge in [-0.2, -0.15) is 0 Å². The van der Waals surface area contributed by atoms with Gasteiger partial charge in [-0.15, -0.1) is 11.3 Å². The summed E-state index contributed by atoms with van der Waals surface area (Å²) >= 11 is 1.07. The number of aromatic carboxylic acids is 1. The van der Waals surface area contributed by atoms with Gasteiger partial charge in [0.05, 0.1) is 17.7 Å². The van der Waals surface area contributed by atoms with Crippen molar-refractivity contribution in [1.29, 1.82) is 0 Å². The molecule has 0 aliphatic carbocycles. The first-order valence-electron chi connectivity index (χ1n) is 6.23. The third-order valence-corrected chi connectivity index (χ3v) is 4.76. The van der Waals surface area contributed by atoms with Crippen molar-refractivity contribution in [3.05, 3.63) is 15.6 Å². The van der Waals surface area contributed by atoms with Gasteiger partial charge in [-0.1, -0.05) is 0 Å². The Kier molecular flexibility index (Phi) is 4.55. The number of thiazole rings is 1. The van der Waals surface area contributed by atoms with E-state index in [0.717, 1.165) is 11.3 Å². The van der Waals surface area contributed by atoms with Crippen LogP contribution in [0, 0.1) is 12.3 Å². The lowest BCUT2D eigenvalue weighted by Gasteiger charge is -2.36. The largest absolute Gasteiger partial charge is 0.477 e. The standard InChI is InChI=1S/C13H21N3O3S/c1-7-9(10(17)18)20-8(16-7)6-15-11(19)12(2,3)13(4,5)14/h6,14H2,1-5H3,(H,15,19)(H,17,18). The van der Waals surface area contributed by atoms with Crippen LogP contribution < -0.4 is 11.1 Å². The van der Waals surface area contributed by atoms with Gasteiger partial charge in [0.25, 0.3) is 0 Å². The average Bonchev–Trinajstić information content (AvgIpc) is 2.65. The number of carbonyl (C=O) groups excluding carboxylic acids is 1. The second-order valence-corrected chi connectivity index (χ2v) is 6.94. The van der Waals surface area contributed by atoms with E-state index in [4.69, 9.17) is 10.8 Å². The van der Waals surface area contributed by atoms with Crippen LogP contribution in [0.15, 0.2) is 0 Å². The van der Waals surface area contributed by atoms with Gasteiger partial charge < -0.3 is 16.2 Å².